The van der Waals surface area contributed by atoms with Crippen molar-refractivity contribution in [1.29, 1.82) is 0 Å². The molecule has 128 valence electrons. The highest BCUT2D eigenvalue weighted by atomic mass is 32.1. The Morgan fingerprint density at radius 1 is 1.32 bits per heavy atom. The van der Waals surface area contributed by atoms with Gasteiger partial charge in [0.05, 0.1) is 17.1 Å². The van der Waals surface area contributed by atoms with Crippen molar-refractivity contribution in [2.75, 3.05) is 0 Å². The van der Waals surface area contributed by atoms with Gasteiger partial charge < -0.3 is 0 Å². The van der Waals surface area contributed by atoms with Crippen molar-refractivity contribution in [3.8, 4) is 11.4 Å². The van der Waals surface area contributed by atoms with Crippen molar-refractivity contribution in [3.05, 3.63) is 29.2 Å². The number of thiophene rings is 1. The molecule has 0 saturated heterocycles. The largest absolute Gasteiger partial charge is 0.272 e. The highest BCUT2D eigenvalue weighted by molar-refractivity contribution is 7.19. The summed E-state index contributed by atoms with van der Waals surface area (Å²) in [4.78, 5) is 12.1. The minimum absolute atomic E-state index is 0.719. The van der Waals surface area contributed by atoms with Crippen molar-refractivity contribution in [3.63, 3.8) is 0 Å². The first kappa shape index (κ1) is 15.0. The molecule has 4 heterocycles. The Morgan fingerprint density at radius 2 is 2.24 bits per heavy atom. The van der Waals surface area contributed by atoms with E-state index in [1.807, 2.05) is 32.9 Å². The molecule has 1 aliphatic carbocycles. The Morgan fingerprint density at radius 3 is 3.04 bits per heavy atom. The summed E-state index contributed by atoms with van der Waals surface area (Å²) in [6.07, 6.45) is 10.5. The van der Waals surface area contributed by atoms with Crippen molar-refractivity contribution < 1.29 is 0 Å². The van der Waals surface area contributed by atoms with Crippen LogP contribution in [0.1, 0.15) is 37.1 Å². The van der Waals surface area contributed by atoms with Gasteiger partial charge in [0.1, 0.15) is 11.2 Å². The fraction of sp³-hybridized carbons (Fsp3) is 0.444. The van der Waals surface area contributed by atoms with Crippen LogP contribution in [-0.2, 0) is 19.4 Å². The van der Waals surface area contributed by atoms with Gasteiger partial charge in [-0.3, -0.25) is 4.68 Å². The third-order valence-corrected chi connectivity index (χ3v) is 6.44. The highest BCUT2D eigenvalue weighted by Crippen LogP contribution is 2.39. The van der Waals surface area contributed by atoms with Crippen LogP contribution in [0.25, 0.3) is 27.3 Å². The molecule has 7 heteroatoms. The summed E-state index contributed by atoms with van der Waals surface area (Å²) >= 11 is 1.84. The van der Waals surface area contributed by atoms with Crippen molar-refractivity contribution in [2.45, 2.75) is 46.1 Å². The molecule has 0 fully saturated rings. The number of nitrogens with zero attached hydrogens (tertiary/aromatic N) is 6. The quantitative estimate of drug-likeness (QED) is 0.563. The topological polar surface area (TPSA) is 60.9 Å². The number of hydrogen-bond donors (Lipinski definition) is 0. The number of aryl methyl sites for hydroxylation is 2. The van der Waals surface area contributed by atoms with E-state index in [-0.39, 0.29) is 0 Å². The Hall–Kier alpha value is -2.28. The van der Waals surface area contributed by atoms with Crippen LogP contribution in [0.4, 0.5) is 0 Å². The standard InChI is InChI=1S/C18H20N6S/c1-3-11-5-6-13-14(7-11)25-18-15(13)17-21-16(22-24(17)10-19-18)12-8-20-23(4-2)9-12/h8-11H,3-7H2,1-2H3. The molecule has 0 bridgehead atoms. The van der Waals surface area contributed by atoms with E-state index in [1.165, 1.54) is 35.1 Å². The summed E-state index contributed by atoms with van der Waals surface area (Å²) in [6.45, 7) is 5.21. The summed E-state index contributed by atoms with van der Waals surface area (Å²) < 4.78 is 3.71. The van der Waals surface area contributed by atoms with Crippen LogP contribution in [0.2, 0.25) is 0 Å². The number of fused-ring (bicyclic) bond motifs is 5. The Balaban J connectivity index is 1.68. The summed E-state index contributed by atoms with van der Waals surface area (Å²) in [6, 6.07) is 0. The summed E-state index contributed by atoms with van der Waals surface area (Å²) in [5.41, 5.74) is 3.33. The van der Waals surface area contributed by atoms with Crippen LogP contribution < -0.4 is 0 Å². The molecule has 4 aromatic heterocycles. The van der Waals surface area contributed by atoms with Gasteiger partial charge >= 0.3 is 0 Å². The van der Waals surface area contributed by atoms with Crippen molar-refractivity contribution in [1.82, 2.24) is 29.4 Å². The minimum atomic E-state index is 0.719. The van der Waals surface area contributed by atoms with E-state index >= 15 is 0 Å². The molecule has 0 aliphatic heterocycles. The normalized spacial score (nSPS) is 17.4. The average Bonchev–Trinajstić information content (AvgIpc) is 3.35. The maximum absolute atomic E-state index is 4.84. The molecule has 0 N–H and O–H groups in total. The molecule has 1 unspecified atom stereocenters. The van der Waals surface area contributed by atoms with Gasteiger partial charge in [-0.25, -0.2) is 14.5 Å². The molecule has 0 radical (unpaired) electrons. The second kappa shape index (κ2) is 5.62. The summed E-state index contributed by atoms with van der Waals surface area (Å²) in [7, 11) is 0. The van der Waals surface area contributed by atoms with Gasteiger partial charge in [-0.1, -0.05) is 13.3 Å². The molecule has 25 heavy (non-hydrogen) atoms. The molecule has 0 amide bonds. The van der Waals surface area contributed by atoms with Gasteiger partial charge in [0.15, 0.2) is 11.5 Å². The zero-order valence-electron chi connectivity index (χ0n) is 14.4. The summed E-state index contributed by atoms with van der Waals surface area (Å²) in [5.74, 6) is 1.53. The second-order valence-corrected chi connectivity index (χ2v) is 7.82. The number of rotatable bonds is 3. The van der Waals surface area contributed by atoms with Gasteiger partial charge in [0.25, 0.3) is 0 Å². The molecular weight excluding hydrogens is 332 g/mol. The molecule has 0 spiro atoms. The van der Waals surface area contributed by atoms with Crippen LogP contribution in [0.3, 0.4) is 0 Å². The first-order valence-electron chi connectivity index (χ1n) is 8.95. The van der Waals surface area contributed by atoms with E-state index in [4.69, 9.17) is 4.98 Å². The zero-order chi connectivity index (χ0) is 17.0. The van der Waals surface area contributed by atoms with E-state index in [0.717, 1.165) is 40.7 Å². The SMILES string of the molecule is CCC1CCc2c(sc3ncn4nc(-c5cnn(CC)c5)nc4c23)C1. The van der Waals surface area contributed by atoms with Crippen LogP contribution in [0.5, 0.6) is 0 Å². The van der Waals surface area contributed by atoms with Crippen LogP contribution in [-0.4, -0.2) is 29.4 Å². The van der Waals surface area contributed by atoms with Crippen LogP contribution in [0.15, 0.2) is 18.7 Å². The van der Waals surface area contributed by atoms with Gasteiger partial charge in [0.2, 0.25) is 0 Å². The molecule has 0 saturated carbocycles. The second-order valence-electron chi connectivity index (χ2n) is 6.73. The van der Waals surface area contributed by atoms with E-state index < -0.39 is 0 Å². The van der Waals surface area contributed by atoms with E-state index in [0.29, 0.717) is 0 Å². The zero-order valence-corrected chi connectivity index (χ0v) is 15.3. The fourth-order valence-electron chi connectivity index (χ4n) is 3.77. The van der Waals surface area contributed by atoms with E-state index in [2.05, 4.69) is 29.0 Å². The Bertz CT molecular complexity index is 1070. The molecule has 5 rings (SSSR count). The fourth-order valence-corrected chi connectivity index (χ4v) is 5.06. The smallest absolute Gasteiger partial charge is 0.185 e. The molecule has 0 aromatic carbocycles. The molecular formula is C18H20N6S. The maximum Gasteiger partial charge on any atom is 0.185 e. The number of aromatic nitrogens is 6. The van der Waals surface area contributed by atoms with Gasteiger partial charge in [-0.2, -0.15) is 5.10 Å². The Kier molecular flexibility index (Phi) is 3.38. The lowest BCUT2D eigenvalue weighted by Crippen LogP contribution is -2.11. The molecule has 1 atom stereocenters. The van der Waals surface area contributed by atoms with Crippen molar-refractivity contribution in [2.24, 2.45) is 5.92 Å². The van der Waals surface area contributed by atoms with E-state index in [1.54, 1.807) is 6.33 Å². The lowest BCUT2D eigenvalue weighted by molar-refractivity contribution is 0.451. The van der Waals surface area contributed by atoms with E-state index in [9.17, 15) is 0 Å². The first-order chi connectivity index (χ1) is 12.3. The van der Waals surface area contributed by atoms with Crippen molar-refractivity contribution >= 4 is 27.2 Å². The third-order valence-electron chi connectivity index (χ3n) is 5.28. The predicted molar refractivity (Wildman–Crippen MR) is 98.9 cm³/mol. The Labute approximate surface area is 149 Å². The number of hydrogen-bond acceptors (Lipinski definition) is 5. The molecule has 4 aromatic rings. The highest BCUT2D eigenvalue weighted by Gasteiger charge is 2.24. The maximum atomic E-state index is 4.84. The van der Waals surface area contributed by atoms with Crippen LogP contribution in [0, 0.1) is 5.92 Å². The lowest BCUT2D eigenvalue weighted by Gasteiger charge is -2.20. The minimum Gasteiger partial charge on any atom is -0.272 e. The van der Waals surface area contributed by atoms with Crippen LogP contribution >= 0.6 is 11.3 Å². The average molecular weight is 352 g/mol. The first-order valence-corrected chi connectivity index (χ1v) is 9.77. The van der Waals surface area contributed by atoms with Gasteiger partial charge in [-0.05, 0) is 37.7 Å². The lowest BCUT2D eigenvalue weighted by atomic mass is 9.86. The van der Waals surface area contributed by atoms with Gasteiger partial charge in [-0.15, -0.1) is 16.4 Å². The predicted octanol–water partition coefficient (Wildman–Crippen LogP) is 3.74. The monoisotopic (exact) mass is 352 g/mol. The van der Waals surface area contributed by atoms with Gasteiger partial charge in [0, 0.05) is 17.6 Å². The summed E-state index contributed by atoms with van der Waals surface area (Å²) in [5, 5.41) is 10.2. The molecule has 6 nitrogen and oxygen atoms in total. The third kappa shape index (κ3) is 2.29. The molecule has 1 aliphatic rings.